The number of benzene rings is 2. The molecule has 152 valence electrons. The van der Waals surface area contributed by atoms with Crippen LogP contribution in [-0.4, -0.2) is 29.3 Å². The fourth-order valence-electron chi connectivity index (χ4n) is 2.63. The molecule has 0 atom stereocenters. The molecule has 0 aliphatic heterocycles. The maximum absolute atomic E-state index is 12.4. The van der Waals surface area contributed by atoms with Gasteiger partial charge >= 0.3 is 0 Å². The molecule has 30 heavy (non-hydrogen) atoms. The van der Waals surface area contributed by atoms with Crippen molar-refractivity contribution in [1.82, 2.24) is 19.7 Å². The molecule has 2 heterocycles. The van der Waals surface area contributed by atoms with Gasteiger partial charge in [-0.2, -0.15) is 9.90 Å². The molecule has 0 spiro atoms. The minimum Gasteiger partial charge on any atom is -0.468 e. The van der Waals surface area contributed by atoms with Crippen molar-refractivity contribution in [2.45, 2.75) is 11.4 Å². The molecule has 0 unspecified atom stereocenters. The van der Waals surface area contributed by atoms with Crippen LogP contribution in [0.25, 0.3) is 5.69 Å². The lowest BCUT2D eigenvalue weighted by Gasteiger charge is -2.07. The molecule has 10 heteroatoms. The van der Waals surface area contributed by atoms with E-state index in [1.807, 2.05) is 30.3 Å². The smallest absolute Gasteiger partial charge is 0.277 e. The van der Waals surface area contributed by atoms with E-state index in [0.29, 0.717) is 11.4 Å². The molecule has 2 N–H and O–H groups in total. The maximum Gasteiger partial charge on any atom is 0.277 e. The average molecular weight is 423 g/mol. The number of nitrogens with one attached hydrogen (secondary N) is 2. The fraction of sp³-hybridized carbons (Fsp3) is 0.0500. The summed E-state index contributed by atoms with van der Waals surface area (Å²) in [5.41, 5.74) is 1.29. The molecular formula is C20H17N5O4S. The third kappa shape index (κ3) is 4.45. The number of sulfonamides is 1. The summed E-state index contributed by atoms with van der Waals surface area (Å²) < 4.78 is 32.3. The highest BCUT2D eigenvalue weighted by Gasteiger charge is 2.16. The van der Waals surface area contributed by atoms with Crippen LogP contribution < -0.4 is 10.0 Å². The summed E-state index contributed by atoms with van der Waals surface area (Å²) in [7, 11) is -3.71. The molecule has 0 aliphatic carbocycles. The molecule has 2 aromatic carbocycles. The molecule has 2 aromatic heterocycles. The number of furan rings is 1. The summed E-state index contributed by atoms with van der Waals surface area (Å²) in [6.45, 7) is 0.0465. The van der Waals surface area contributed by atoms with Crippen LogP contribution in [0.4, 0.5) is 5.69 Å². The number of amides is 1. The van der Waals surface area contributed by atoms with Crippen LogP contribution in [0.15, 0.2) is 88.5 Å². The first kappa shape index (κ1) is 19.6. The average Bonchev–Trinajstić information content (AvgIpc) is 3.46. The number of anilines is 1. The number of nitrogens with zero attached hydrogens (tertiary/aromatic N) is 3. The monoisotopic (exact) mass is 423 g/mol. The fourth-order valence-corrected chi connectivity index (χ4v) is 3.62. The Kier molecular flexibility index (Phi) is 5.42. The first-order valence-corrected chi connectivity index (χ1v) is 10.4. The molecule has 0 fully saturated rings. The van der Waals surface area contributed by atoms with Crippen LogP contribution in [0.2, 0.25) is 0 Å². The summed E-state index contributed by atoms with van der Waals surface area (Å²) in [5.74, 6) is 0.0507. The summed E-state index contributed by atoms with van der Waals surface area (Å²) in [6.07, 6.45) is 2.83. The van der Waals surface area contributed by atoms with Crippen molar-refractivity contribution < 1.29 is 17.6 Å². The number of aromatic nitrogens is 3. The third-order valence-electron chi connectivity index (χ3n) is 4.15. The zero-order chi connectivity index (χ0) is 21.0. The van der Waals surface area contributed by atoms with Crippen LogP contribution >= 0.6 is 0 Å². The van der Waals surface area contributed by atoms with Crippen LogP contribution in [0.5, 0.6) is 0 Å². The second-order valence-electron chi connectivity index (χ2n) is 6.24. The van der Waals surface area contributed by atoms with Crippen molar-refractivity contribution in [2.75, 3.05) is 5.32 Å². The lowest BCUT2D eigenvalue weighted by Crippen LogP contribution is -2.23. The zero-order valence-electron chi connectivity index (χ0n) is 15.6. The Morgan fingerprint density at radius 1 is 1.00 bits per heavy atom. The van der Waals surface area contributed by atoms with E-state index in [4.69, 9.17) is 4.42 Å². The van der Waals surface area contributed by atoms with Crippen molar-refractivity contribution in [1.29, 1.82) is 0 Å². The molecule has 4 rings (SSSR count). The molecule has 0 saturated heterocycles. The number of rotatable bonds is 7. The molecule has 0 radical (unpaired) electrons. The third-order valence-corrected chi connectivity index (χ3v) is 5.57. The van der Waals surface area contributed by atoms with Crippen molar-refractivity contribution in [3.8, 4) is 5.69 Å². The van der Waals surface area contributed by atoms with Gasteiger partial charge in [0.05, 0.1) is 29.6 Å². The van der Waals surface area contributed by atoms with E-state index >= 15 is 0 Å². The maximum atomic E-state index is 12.4. The van der Waals surface area contributed by atoms with Gasteiger partial charge in [0, 0.05) is 5.69 Å². The summed E-state index contributed by atoms with van der Waals surface area (Å²) >= 11 is 0. The van der Waals surface area contributed by atoms with Gasteiger partial charge in [-0.25, -0.2) is 13.1 Å². The van der Waals surface area contributed by atoms with Crippen LogP contribution in [0.1, 0.15) is 16.2 Å². The van der Waals surface area contributed by atoms with Gasteiger partial charge in [0.15, 0.2) is 5.69 Å². The molecule has 0 bridgehead atoms. The highest BCUT2D eigenvalue weighted by Crippen LogP contribution is 2.15. The predicted octanol–water partition coefficient (Wildman–Crippen LogP) is 2.59. The van der Waals surface area contributed by atoms with E-state index in [9.17, 15) is 13.2 Å². The lowest BCUT2D eigenvalue weighted by atomic mass is 10.3. The normalized spacial score (nSPS) is 11.3. The van der Waals surface area contributed by atoms with Crippen molar-refractivity contribution in [3.63, 3.8) is 0 Å². The van der Waals surface area contributed by atoms with E-state index in [1.54, 1.807) is 12.1 Å². The zero-order valence-corrected chi connectivity index (χ0v) is 16.4. The first-order valence-electron chi connectivity index (χ1n) is 8.92. The summed E-state index contributed by atoms with van der Waals surface area (Å²) in [6, 6.07) is 18.4. The van der Waals surface area contributed by atoms with Crippen molar-refractivity contribution in [3.05, 3.63) is 90.6 Å². The lowest BCUT2D eigenvalue weighted by molar-refractivity contribution is 0.102. The van der Waals surface area contributed by atoms with Crippen LogP contribution in [0.3, 0.4) is 0 Å². The highest BCUT2D eigenvalue weighted by molar-refractivity contribution is 7.89. The topological polar surface area (TPSA) is 119 Å². The van der Waals surface area contributed by atoms with Crippen LogP contribution in [-0.2, 0) is 16.6 Å². The van der Waals surface area contributed by atoms with Gasteiger partial charge in [-0.1, -0.05) is 18.2 Å². The number of carbonyl (C=O) groups excluding carboxylic acids is 1. The van der Waals surface area contributed by atoms with E-state index in [0.717, 1.165) is 5.69 Å². The largest absolute Gasteiger partial charge is 0.468 e. The van der Waals surface area contributed by atoms with E-state index in [2.05, 4.69) is 20.2 Å². The second kappa shape index (κ2) is 8.31. The Hall–Kier alpha value is -3.76. The van der Waals surface area contributed by atoms with E-state index in [-0.39, 0.29) is 17.1 Å². The van der Waals surface area contributed by atoms with E-state index < -0.39 is 15.9 Å². The molecule has 4 aromatic rings. The Morgan fingerprint density at radius 2 is 1.77 bits per heavy atom. The van der Waals surface area contributed by atoms with Gasteiger partial charge in [0.25, 0.3) is 5.91 Å². The first-order chi connectivity index (χ1) is 14.5. The predicted molar refractivity (Wildman–Crippen MR) is 108 cm³/mol. The van der Waals surface area contributed by atoms with E-state index in [1.165, 1.54) is 41.5 Å². The Balaban J connectivity index is 1.41. The van der Waals surface area contributed by atoms with Gasteiger partial charge in [0.2, 0.25) is 10.0 Å². The molecule has 9 nitrogen and oxygen atoms in total. The molecule has 1 amide bonds. The SMILES string of the molecule is O=C(Nc1ccc(S(=O)(=O)NCc2ccco2)cc1)c1cnn(-c2ccccc2)n1. The number of carbonyl (C=O) groups is 1. The van der Waals surface area contributed by atoms with Gasteiger partial charge < -0.3 is 9.73 Å². The van der Waals surface area contributed by atoms with Crippen molar-refractivity contribution in [2.24, 2.45) is 0 Å². The van der Waals surface area contributed by atoms with Gasteiger partial charge in [0.1, 0.15) is 5.76 Å². The minimum absolute atomic E-state index is 0.0465. The van der Waals surface area contributed by atoms with Gasteiger partial charge in [-0.05, 0) is 48.5 Å². The second-order valence-corrected chi connectivity index (χ2v) is 8.00. The highest BCUT2D eigenvalue weighted by atomic mass is 32.2. The molecular weight excluding hydrogens is 406 g/mol. The van der Waals surface area contributed by atoms with Gasteiger partial charge in [-0.15, -0.1) is 5.10 Å². The van der Waals surface area contributed by atoms with Crippen molar-refractivity contribution >= 4 is 21.6 Å². The number of para-hydroxylation sites is 1. The quantitative estimate of drug-likeness (QED) is 0.472. The summed E-state index contributed by atoms with van der Waals surface area (Å²) in [5, 5.41) is 10.9. The number of hydrogen-bond acceptors (Lipinski definition) is 6. The van der Waals surface area contributed by atoms with Crippen LogP contribution in [0, 0.1) is 0 Å². The Bertz CT molecular complexity index is 1230. The Labute approximate surface area is 172 Å². The molecule has 0 saturated carbocycles. The minimum atomic E-state index is -3.71. The molecule has 0 aliphatic rings. The standard InChI is InChI=1S/C20H17N5O4S/c26-20(19-14-21-25(24-19)16-5-2-1-3-6-16)23-15-8-10-18(11-9-15)30(27,28)22-13-17-7-4-12-29-17/h1-12,14,22H,13H2,(H,23,26). The van der Waals surface area contributed by atoms with Gasteiger partial charge in [-0.3, -0.25) is 4.79 Å². The Morgan fingerprint density at radius 3 is 2.47 bits per heavy atom. The number of hydrogen-bond donors (Lipinski definition) is 2. The summed E-state index contributed by atoms with van der Waals surface area (Å²) in [4.78, 5) is 13.8.